The predicted molar refractivity (Wildman–Crippen MR) is 112 cm³/mol. The average Bonchev–Trinajstić information content (AvgIpc) is 3.53. The number of hydrogen-bond donors (Lipinski definition) is 2. The molecule has 0 bridgehead atoms. The summed E-state index contributed by atoms with van der Waals surface area (Å²) in [5.41, 5.74) is 1.84. The molecule has 2 aromatic carbocycles. The summed E-state index contributed by atoms with van der Waals surface area (Å²) in [7, 11) is 1.48. The number of carbonyl (C=O) groups is 2. The number of urea groups is 1. The first-order valence-electron chi connectivity index (χ1n) is 9.60. The molecule has 4 rings (SSSR count). The topological polar surface area (TPSA) is 70.7 Å². The lowest BCUT2D eigenvalue weighted by Crippen LogP contribution is -2.49. The van der Waals surface area contributed by atoms with Gasteiger partial charge < -0.3 is 15.4 Å². The zero-order valence-electron chi connectivity index (χ0n) is 16.5. The molecule has 0 unspecified atom stereocenters. The highest BCUT2D eigenvalue weighted by molar-refractivity contribution is 6.30. The number of allylic oxidation sites excluding steroid dienone is 1. The summed E-state index contributed by atoms with van der Waals surface area (Å²) in [6.45, 7) is 1.75. The largest absolute Gasteiger partial charge is 0.495 e. The summed E-state index contributed by atoms with van der Waals surface area (Å²) in [4.78, 5) is 27.7. The maximum atomic E-state index is 13.9. The van der Waals surface area contributed by atoms with E-state index in [2.05, 4.69) is 10.6 Å². The van der Waals surface area contributed by atoms with Crippen molar-refractivity contribution in [3.8, 4) is 5.75 Å². The van der Waals surface area contributed by atoms with Gasteiger partial charge in [0.05, 0.1) is 24.4 Å². The standard InChI is InChI=1S/C22H21ClFN3O3/c1-12-19(21(28)25-17-9-6-14(23)11-18(17)30-2)20(13-4-3-5-15(24)10-13)26-22(29)27(12)16-7-8-16/h3-6,9-11,16,20H,7-8H2,1-2H3,(H,25,28)(H,26,29)/t20-/m0/s1. The number of nitrogens with one attached hydrogen (secondary N) is 2. The Morgan fingerprint density at radius 2 is 2.03 bits per heavy atom. The summed E-state index contributed by atoms with van der Waals surface area (Å²) >= 11 is 6.01. The van der Waals surface area contributed by atoms with Gasteiger partial charge in [0, 0.05) is 22.8 Å². The summed E-state index contributed by atoms with van der Waals surface area (Å²) in [5.74, 6) is -0.438. The fraction of sp³-hybridized carbons (Fsp3) is 0.273. The van der Waals surface area contributed by atoms with Crippen LogP contribution in [0.25, 0.3) is 0 Å². The number of anilines is 1. The highest BCUT2D eigenvalue weighted by Crippen LogP contribution is 2.38. The van der Waals surface area contributed by atoms with Gasteiger partial charge in [-0.2, -0.15) is 0 Å². The zero-order chi connectivity index (χ0) is 21.4. The molecule has 0 radical (unpaired) electrons. The third-order valence-electron chi connectivity index (χ3n) is 5.28. The van der Waals surface area contributed by atoms with Crippen molar-refractivity contribution in [2.45, 2.75) is 31.8 Å². The van der Waals surface area contributed by atoms with E-state index in [0.717, 1.165) is 12.8 Å². The van der Waals surface area contributed by atoms with Crippen LogP contribution < -0.4 is 15.4 Å². The van der Waals surface area contributed by atoms with Gasteiger partial charge in [-0.3, -0.25) is 9.69 Å². The van der Waals surface area contributed by atoms with Crippen molar-refractivity contribution in [3.63, 3.8) is 0 Å². The molecule has 1 aliphatic heterocycles. The van der Waals surface area contributed by atoms with Gasteiger partial charge in [-0.1, -0.05) is 23.7 Å². The van der Waals surface area contributed by atoms with Crippen LogP contribution >= 0.6 is 11.6 Å². The maximum absolute atomic E-state index is 13.9. The van der Waals surface area contributed by atoms with Crippen molar-refractivity contribution in [2.75, 3.05) is 12.4 Å². The lowest BCUT2D eigenvalue weighted by Gasteiger charge is -2.36. The first kappa shape index (κ1) is 20.2. The number of methoxy groups -OCH3 is 1. The monoisotopic (exact) mass is 429 g/mol. The molecule has 8 heteroatoms. The summed E-state index contributed by atoms with van der Waals surface area (Å²) in [6, 6.07) is 9.78. The molecule has 0 saturated heterocycles. The molecular formula is C22H21ClFN3O3. The van der Waals surface area contributed by atoms with Crippen LogP contribution in [0.4, 0.5) is 14.9 Å². The van der Waals surface area contributed by atoms with E-state index in [1.54, 1.807) is 42.2 Å². The SMILES string of the molecule is COc1cc(Cl)ccc1NC(=O)C1=C(C)N(C2CC2)C(=O)N[C@H]1c1cccc(F)c1. The van der Waals surface area contributed by atoms with E-state index in [-0.39, 0.29) is 12.1 Å². The second kappa shape index (κ2) is 7.99. The molecule has 1 saturated carbocycles. The van der Waals surface area contributed by atoms with Gasteiger partial charge in [-0.15, -0.1) is 0 Å². The number of ether oxygens (including phenoxy) is 1. The third kappa shape index (κ3) is 3.85. The average molecular weight is 430 g/mol. The number of halogens is 2. The normalized spacial score (nSPS) is 18.9. The molecule has 30 heavy (non-hydrogen) atoms. The van der Waals surface area contributed by atoms with Gasteiger partial charge >= 0.3 is 6.03 Å². The second-order valence-corrected chi connectivity index (χ2v) is 7.77. The minimum atomic E-state index is -0.776. The van der Waals surface area contributed by atoms with Crippen LogP contribution in [-0.4, -0.2) is 30.0 Å². The van der Waals surface area contributed by atoms with Gasteiger partial charge in [0.15, 0.2) is 0 Å². The molecular weight excluding hydrogens is 409 g/mol. The van der Waals surface area contributed by atoms with Crippen molar-refractivity contribution in [1.29, 1.82) is 0 Å². The van der Waals surface area contributed by atoms with Gasteiger partial charge in [0.2, 0.25) is 0 Å². The molecule has 6 nitrogen and oxygen atoms in total. The molecule has 2 aromatic rings. The minimum absolute atomic E-state index is 0.0753. The van der Waals surface area contributed by atoms with E-state index in [1.807, 2.05) is 0 Å². The van der Waals surface area contributed by atoms with Gasteiger partial charge in [0.25, 0.3) is 5.91 Å². The quantitative estimate of drug-likeness (QED) is 0.728. The fourth-order valence-corrected chi connectivity index (χ4v) is 3.88. The summed E-state index contributed by atoms with van der Waals surface area (Å²) in [5, 5.41) is 6.19. The van der Waals surface area contributed by atoms with Gasteiger partial charge in [-0.05, 0) is 49.6 Å². The Morgan fingerprint density at radius 1 is 1.27 bits per heavy atom. The van der Waals surface area contributed by atoms with Gasteiger partial charge in [0.1, 0.15) is 11.6 Å². The van der Waals surface area contributed by atoms with Crippen LogP contribution in [0.5, 0.6) is 5.75 Å². The van der Waals surface area contributed by atoms with E-state index in [9.17, 15) is 14.0 Å². The fourth-order valence-electron chi connectivity index (χ4n) is 3.72. The molecule has 0 spiro atoms. The van der Waals surface area contributed by atoms with Crippen LogP contribution in [0.3, 0.4) is 0 Å². The number of hydrogen-bond acceptors (Lipinski definition) is 3. The van der Waals surface area contributed by atoms with E-state index in [4.69, 9.17) is 16.3 Å². The van der Waals surface area contributed by atoms with Crippen LogP contribution in [0.2, 0.25) is 5.02 Å². The predicted octanol–water partition coefficient (Wildman–Crippen LogP) is 4.63. The van der Waals surface area contributed by atoms with Crippen LogP contribution in [-0.2, 0) is 4.79 Å². The zero-order valence-corrected chi connectivity index (χ0v) is 17.3. The first-order chi connectivity index (χ1) is 14.4. The number of benzene rings is 2. The minimum Gasteiger partial charge on any atom is -0.495 e. The first-order valence-corrected chi connectivity index (χ1v) is 9.97. The number of nitrogens with zero attached hydrogens (tertiary/aromatic N) is 1. The van der Waals surface area contributed by atoms with E-state index < -0.39 is 17.8 Å². The van der Waals surface area contributed by atoms with Gasteiger partial charge in [-0.25, -0.2) is 9.18 Å². The second-order valence-electron chi connectivity index (χ2n) is 7.34. The number of amides is 3. The molecule has 2 N–H and O–H groups in total. The molecule has 2 aliphatic rings. The number of rotatable bonds is 5. The Balaban J connectivity index is 1.75. The number of carbonyl (C=O) groups excluding carboxylic acids is 2. The Kier molecular flexibility index (Phi) is 5.39. The summed E-state index contributed by atoms with van der Waals surface area (Å²) < 4.78 is 19.2. The smallest absolute Gasteiger partial charge is 0.322 e. The molecule has 1 heterocycles. The Labute approximate surface area is 178 Å². The Bertz CT molecular complexity index is 1050. The highest BCUT2D eigenvalue weighted by atomic mass is 35.5. The maximum Gasteiger partial charge on any atom is 0.322 e. The Morgan fingerprint density at radius 3 is 2.70 bits per heavy atom. The molecule has 0 aromatic heterocycles. The molecule has 156 valence electrons. The van der Waals surface area contributed by atoms with E-state index >= 15 is 0 Å². The van der Waals surface area contributed by atoms with E-state index in [1.165, 1.54) is 19.2 Å². The van der Waals surface area contributed by atoms with Crippen LogP contribution in [0, 0.1) is 5.82 Å². The van der Waals surface area contributed by atoms with Crippen molar-refractivity contribution >= 4 is 29.2 Å². The van der Waals surface area contributed by atoms with Crippen LogP contribution in [0.1, 0.15) is 31.4 Å². The van der Waals surface area contributed by atoms with Crippen molar-refractivity contribution < 1.29 is 18.7 Å². The van der Waals surface area contributed by atoms with E-state index in [0.29, 0.717) is 33.3 Å². The Hall–Kier alpha value is -3.06. The third-order valence-corrected chi connectivity index (χ3v) is 5.51. The van der Waals surface area contributed by atoms with Crippen molar-refractivity contribution in [1.82, 2.24) is 10.2 Å². The van der Waals surface area contributed by atoms with Crippen molar-refractivity contribution in [3.05, 3.63) is 70.1 Å². The lowest BCUT2D eigenvalue weighted by atomic mass is 9.94. The van der Waals surface area contributed by atoms with Crippen molar-refractivity contribution in [2.24, 2.45) is 0 Å². The molecule has 3 amide bonds. The molecule has 1 aliphatic carbocycles. The lowest BCUT2D eigenvalue weighted by molar-refractivity contribution is -0.113. The van der Waals surface area contributed by atoms with Crippen LogP contribution in [0.15, 0.2) is 53.7 Å². The summed E-state index contributed by atoms with van der Waals surface area (Å²) in [6.07, 6.45) is 1.77. The highest BCUT2D eigenvalue weighted by Gasteiger charge is 2.42. The molecule has 1 fully saturated rings. The molecule has 1 atom stereocenters.